The van der Waals surface area contributed by atoms with Gasteiger partial charge in [-0.05, 0) is 49.7 Å². The third-order valence-electron chi connectivity index (χ3n) is 5.02. The molecule has 9 nitrogen and oxygen atoms in total. The van der Waals surface area contributed by atoms with E-state index >= 15 is 0 Å². The second kappa shape index (κ2) is 10.1. The molecule has 1 fully saturated rings. The molecule has 1 amide bonds. The van der Waals surface area contributed by atoms with Crippen LogP contribution < -0.4 is 10.1 Å². The summed E-state index contributed by atoms with van der Waals surface area (Å²) in [7, 11) is -2.39. The van der Waals surface area contributed by atoms with Crippen molar-refractivity contribution in [1.29, 1.82) is 0 Å². The Morgan fingerprint density at radius 2 is 1.84 bits per heavy atom. The molecule has 1 heterocycles. The lowest BCUT2D eigenvalue weighted by molar-refractivity contribution is 0.0526. The number of nitrogens with one attached hydrogen (secondary N) is 1. The van der Waals surface area contributed by atoms with Gasteiger partial charge in [-0.25, -0.2) is 13.2 Å². The van der Waals surface area contributed by atoms with Crippen molar-refractivity contribution in [3.05, 3.63) is 53.1 Å². The van der Waals surface area contributed by atoms with Gasteiger partial charge in [0.2, 0.25) is 10.0 Å². The lowest BCUT2D eigenvalue weighted by Crippen LogP contribution is -2.40. The number of benzene rings is 2. The van der Waals surface area contributed by atoms with Crippen LogP contribution in [0.4, 0.5) is 5.69 Å². The number of carbonyl (C=O) groups is 2. The van der Waals surface area contributed by atoms with Crippen LogP contribution >= 0.6 is 0 Å². The highest BCUT2D eigenvalue weighted by Crippen LogP contribution is 2.27. The summed E-state index contributed by atoms with van der Waals surface area (Å²) in [5.41, 5.74) is 1.48. The zero-order valence-corrected chi connectivity index (χ0v) is 19.0. The first-order valence-electron chi connectivity index (χ1n) is 10.1. The number of ether oxygens (including phenoxy) is 3. The number of esters is 1. The van der Waals surface area contributed by atoms with Crippen molar-refractivity contribution in [2.75, 3.05) is 45.3 Å². The molecule has 1 aliphatic heterocycles. The summed E-state index contributed by atoms with van der Waals surface area (Å²) < 4.78 is 42.8. The molecule has 1 N–H and O–H groups in total. The van der Waals surface area contributed by atoms with Gasteiger partial charge in [0, 0.05) is 18.8 Å². The van der Waals surface area contributed by atoms with E-state index in [-0.39, 0.29) is 35.9 Å². The van der Waals surface area contributed by atoms with E-state index in [1.165, 1.54) is 35.7 Å². The van der Waals surface area contributed by atoms with Crippen molar-refractivity contribution < 1.29 is 32.2 Å². The number of hydrogen-bond donors (Lipinski definition) is 1. The van der Waals surface area contributed by atoms with E-state index in [9.17, 15) is 18.0 Å². The largest absolute Gasteiger partial charge is 0.496 e. The Hall–Kier alpha value is -2.95. The molecule has 2 aromatic carbocycles. The van der Waals surface area contributed by atoms with Crippen LogP contribution in [0.25, 0.3) is 0 Å². The van der Waals surface area contributed by atoms with Gasteiger partial charge in [0.05, 0.1) is 43.0 Å². The fraction of sp³-hybridized carbons (Fsp3) is 0.364. The maximum Gasteiger partial charge on any atom is 0.338 e. The Morgan fingerprint density at radius 3 is 2.50 bits per heavy atom. The molecule has 0 aromatic heterocycles. The smallest absolute Gasteiger partial charge is 0.338 e. The van der Waals surface area contributed by atoms with Gasteiger partial charge in [-0.1, -0.05) is 6.07 Å². The second-order valence-electron chi connectivity index (χ2n) is 7.08. The maximum absolute atomic E-state index is 13.1. The molecule has 0 spiro atoms. The van der Waals surface area contributed by atoms with Crippen LogP contribution in [-0.4, -0.2) is 64.6 Å². The molecule has 0 saturated carbocycles. The maximum atomic E-state index is 13.1. The van der Waals surface area contributed by atoms with E-state index in [0.717, 1.165) is 5.56 Å². The number of morpholine rings is 1. The van der Waals surface area contributed by atoms with Crippen molar-refractivity contribution in [2.24, 2.45) is 0 Å². The summed E-state index contributed by atoms with van der Waals surface area (Å²) in [6.07, 6.45) is 0. The molecular weight excluding hydrogens is 436 g/mol. The lowest BCUT2D eigenvalue weighted by Gasteiger charge is -2.26. The average Bonchev–Trinajstić information content (AvgIpc) is 2.80. The van der Waals surface area contributed by atoms with Crippen molar-refractivity contribution in [1.82, 2.24) is 4.31 Å². The molecule has 0 atom stereocenters. The number of amides is 1. The van der Waals surface area contributed by atoms with Crippen LogP contribution in [0.3, 0.4) is 0 Å². The van der Waals surface area contributed by atoms with E-state index < -0.39 is 21.9 Å². The predicted molar refractivity (Wildman–Crippen MR) is 118 cm³/mol. The van der Waals surface area contributed by atoms with E-state index in [4.69, 9.17) is 14.2 Å². The van der Waals surface area contributed by atoms with Crippen molar-refractivity contribution in [3.8, 4) is 5.75 Å². The van der Waals surface area contributed by atoms with E-state index in [0.29, 0.717) is 24.5 Å². The zero-order chi connectivity index (χ0) is 23.3. The number of methoxy groups -OCH3 is 1. The molecule has 3 rings (SSSR count). The van der Waals surface area contributed by atoms with Gasteiger partial charge in [-0.3, -0.25) is 4.79 Å². The normalized spacial score (nSPS) is 14.6. The van der Waals surface area contributed by atoms with Gasteiger partial charge in [-0.2, -0.15) is 4.31 Å². The van der Waals surface area contributed by atoms with Crippen LogP contribution in [0.1, 0.15) is 33.2 Å². The average molecular weight is 463 g/mol. The molecular formula is C22H26N2O7S. The second-order valence-corrected chi connectivity index (χ2v) is 9.02. The molecule has 32 heavy (non-hydrogen) atoms. The highest BCUT2D eigenvalue weighted by Gasteiger charge is 2.28. The molecule has 1 aliphatic rings. The summed E-state index contributed by atoms with van der Waals surface area (Å²) in [6.45, 7) is 4.85. The van der Waals surface area contributed by atoms with Crippen molar-refractivity contribution in [2.45, 2.75) is 18.7 Å². The Kier molecular flexibility index (Phi) is 7.49. The van der Waals surface area contributed by atoms with Crippen LogP contribution in [0.15, 0.2) is 41.3 Å². The topological polar surface area (TPSA) is 111 Å². The summed E-state index contributed by atoms with van der Waals surface area (Å²) in [5, 5.41) is 2.74. The van der Waals surface area contributed by atoms with Gasteiger partial charge in [0.15, 0.2) is 0 Å². The monoisotopic (exact) mass is 462 g/mol. The Bertz CT molecular complexity index is 1110. The van der Waals surface area contributed by atoms with E-state index in [1.807, 2.05) is 0 Å². The molecule has 0 bridgehead atoms. The molecule has 10 heteroatoms. The number of rotatable bonds is 7. The minimum atomic E-state index is -3.79. The van der Waals surface area contributed by atoms with Gasteiger partial charge >= 0.3 is 5.97 Å². The standard InChI is InChI=1S/C22H26N2O7S/c1-4-31-22(26)16-6-5-15(2)19(13-16)23-21(25)18-14-17(7-8-20(18)29-3)32(27,28)24-9-11-30-12-10-24/h5-8,13-14H,4,9-12H2,1-3H3,(H,23,25). The van der Waals surface area contributed by atoms with E-state index in [2.05, 4.69) is 5.32 Å². The molecule has 1 saturated heterocycles. The number of anilines is 1. The van der Waals surface area contributed by atoms with Crippen LogP contribution in [0, 0.1) is 6.92 Å². The third kappa shape index (κ3) is 5.09. The summed E-state index contributed by atoms with van der Waals surface area (Å²) >= 11 is 0. The zero-order valence-electron chi connectivity index (χ0n) is 18.2. The lowest BCUT2D eigenvalue weighted by atomic mass is 10.1. The first-order chi connectivity index (χ1) is 15.3. The molecule has 0 radical (unpaired) electrons. The summed E-state index contributed by atoms with van der Waals surface area (Å²) in [4.78, 5) is 25.1. The molecule has 2 aromatic rings. The highest BCUT2D eigenvalue weighted by atomic mass is 32.2. The number of sulfonamides is 1. The van der Waals surface area contributed by atoms with Crippen LogP contribution in [-0.2, 0) is 19.5 Å². The first-order valence-corrected chi connectivity index (χ1v) is 11.6. The fourth-order valence-electron chi connectivity index (χ4n) is 3.25. The van der Waals surface area contributed by atoms with Gasteiger partial charge in [0.25, 0.3) is 5.91 Å². The van der Waals surface area contributed by atoms with Gasteiger partial charge < -0.3 is 19.5 Å². The minimum absolute atomic E-state index is 0.0117. The fourth-order valence-corrected chi connectivity index (χ4v) is 4.68. The number of carbonyl (C=O) groups excluding carboxylic acids is 2. The quantitative estimate of drug-likeness (QED) is 0.629. The Balaban J connectivity index is 1.92. The highest BCUT2D eigenvalue weighted by molar-refractivity contribution is 7.89. The van der Waals surface area contributed by atoms with Crippen LogP contribution in [0.5, 0.6) is 5.75 Å². The SMILES string of the molecule is CCOC(=O)c1ccc(C)c(NC(=O)c2cc(S(=O)(=O)N3CCOCC3)ccc2OC)c1. The van der Waals surface area contributed by atoms with Crippen molar-refractivity contribution in [3.63, 3.8) is 0 Å². The molecule has 172 valence electrons. The Morgan fingerprint density at radius 1 is 1.12 bits per heavy atom. The van der Waals surface area contributed by atoms with Gasteiger partial charge in [-0.15, -0.1) is 0 Å². The van der Waals surface area contributed by atoms with Crippen molar-refractivity contribution >= 4 is 27.6 Å². The molecule has 0 unspecified atom stereocenters. The summed E-state index contributed by atoms with van der Waals surface area (Å²) in [6, 6.07) is 8.98. The van der Waals surface area contributed by atoms with E-state index in [1.54, 1.807) is 26.0 Å². The first kappa shape index (κ1) is 23.7. The number of nitrogens with zero attached hydrogens (tertiary/aromatic N) is 1. The number of aryl methyl sites for hydroxylation is 1. The predicted octanol–water partition coefficient (Wildman–Crippen LogP) is 2.45. The summed E-state index contributed by atoms with van der Waals surface area (Å²) in [5.74, 6) is -0.841. The molecule has 0 aliphatic carbocycles. The number of hydrogen-bond acceptors (Lipinski definition) is 7. The Labute approximate surface area is 187 Å². The van der Waals surface area contributed by atoms with Crippen LogP contribution in [0.2, 0.25) is 0 Å². The van der Waals surface area contributed by atoms with Gasteiger partial charge in [0.1, 0.15) is 5.75 Å². The third-order valence-corrected chi connectivity index (χ3v) is 6.91. The minimum Gasteiger partial charge on any atom is -0.496 e.